The van der Waals surface area contributed by atoms with Gasteiger partial charge in [0, 0.05) is 29.0 Å². The largest absolute Gasteiger partial charge is 0.376 e. The van der Waals surface area contributed by atoms with Crippen molar-refractivity contribution in [1.29, 1.82) is 0 Å². The van der Waals surface area contributed by atoms with Crippen LogP contribution in [0.15, 0.2) is 36.4 Å². The minimum Gasteiger partial charge on any atom is -0.376 e. The van der Waals surface area contributed by atoms with Crippen LogP contribution in [0.2, 0.25) is 5.02 Å². The van der Waals surface area contributed by atoms with Crippen LogP contribution in [0.4, 0.5) is 17.1 Å². The van der Waals surface area contributed by atoms with Gasteiger partial charge in [0.05, 0.1) is 17.1 Å². The molecule has 0 saturated heterocycles. The summed E-state index contributed by atoms with van der Waals surface area (Å²) < 4.78 is 0. The van der Waals surface area contributed by atoms with E-state index in [1.54, 1.807) is 18.2 Å². The lowest BCUT2D eigenvalue weighted by molar-refractivity contribution is -0.117. The summed E-state index contributed by atoms with van der Waals surface area (Å²) in [7, 11) is 0. The first-order valence-electron chi connectivity index (χ1n) is 12.0. The molecule has 34 heavy (non-hydrogen) atoms. The van der Waals surface area contributed by atoms with Gasteiger partial charge in [0.1, 0.15) is 0 Å². The predicted molar refractivity (Wildman–Crippen MR) is 135 cm³/mol. The van der Waals surface area contributed by atoms with E-state index >= 15 is 0 Å². The maximum atomic E-state index is 12.7. The van der Waals surface area contributed by atoms with Crippen LogP contribution in [-0.4, -0.2) is 30.3 Å². The lowest BCUT2D eigenvalue weighted by Gasteiger charge is -2.23. The molecule has 0 aliphatic heterocycles. The van der Waals surface area contributed by atoms with Crippen LogP contribution in [0.1, 0.15) is 60.9 Å². The maximum absolute atomic E-state index is 12.7. The highest BCUT2D eigenvalue weighted by atomic mass is 35.5. The van der Waals surface area contributed by atoms with E-state index < -0.39 is 0 Å². The second-order valence-corrected chi connectivity index (χ2v) is 9.55. The van der Waals surface area contributed by atoms with Gasteiger partial charge in [-0.3, -0.25) is 14.4 Å². The van der Waals surface area contributed by atoms with E-state index in [0.29, 0.717) is 16.3 Å². The normalized spacial score (nSPS) is 15.9. The van der Waals surface area contributed by atoms with Crippen molar-refractivity contribution in [1.82, 2.24) is 5.32 Å². The van der Waals surface area contributed by atoms with Gasteiger partial charge in [0.15, 0.2) is 0 Å². The summed E-state index contributed by atoms with van der Waals surface area (Å²) in [5.74, 6) is -0.306. The molecule has 2 fully saturated rings. The molecule has 0 spiro atoms. The highest BCUT2D eigenvalue weighted by Crippen LogP contribution is 2.31. The van der Waals surface area contributed by atoms with Crippen molar-refractivity contribution in [2.75, 3.05) is 22.5 Å². The second-order valence-electron chi connectivity index (χ2n) is 9.15. The number of hydrogen-bond donors (Lipinski definition) is 4. The lowest BCUT2D eigenvalue weighted by Crippen LogP contribution is -2.36. The molecule has 0 aromatic heterocycles. The summed E-state index contributed by atoms with van der Waals surface area (Å²) in [5.41, 5.74) is 3.25. The quantitative estimate of drug-likeness (QED) is 0.420. The van der Waals surface area contributed by atoms with Gasteiger partial charge in [-0.25, -0.2) is 0 Å². The van der Waals surface area contributed by atoms with Crippen LogP contribution in [-0.2, 0) is 9.59 Å². The van der Waals surface area contributed by atoms with Gasteiger partial charge in [-0.1, -0.05) is 36.9 Å². The van der Waals surface area contributed by atoms with Crippen LogP contribution < -0.4 is 21.3 Å². The molecule has 0 bridgehead atoms. The number of nitrogens with one attached hydrogen (secondary N) is 4. The molecule has 8 heteroatoms. The lowest BCUT2D eigenvalue weighted by atomic mass is 9.95. The van der Waals surface area contributed by atoms with Crippen LogP contribution >= 0.6 is 11.6 Å². The van der Waals surface area contributed by atoms with Crippen LogP contribution in [0, 0.1) is 12.8 Å². The Morgan fingerprint density at radius 3 is 2.41 bits per heavy atom. The fourth-order valence-electron chi connectivity index (χ4n) is 4.21. The molecule has 7 nitrogen and oxygen atoms in total. The van der Waals surface area contributed by atoms with E-state index in [9.17, 15) is 14.4 Å². The van der Waals surface area contributed by atoms with E-state index in [4.69, 9.17) is 11.6 Å². The maximum Gasteiger partial charge on any atom is 0.253 e. The molecular formula is C26H31ClN4O3. The summed E-state index contributed by atoms with van der Waals surface area (Å²) >= 11 is 6.26. The van der Waals surface area contributed by atoms with Crippen molar-refractivity contribution >= 4 is 46.4 Å². The molecule has 2 saturated carbocycles. The van der Waals surface area contributed by atoms with Crippen LogP contribution in [0.3, 0.4) is 0 Å². The molecule has 2 aromatic rings. The molecule has 4 rings (SSSR count). The number of hydrogen-bond acceptors (Lipinski definition) is 4. The number of anilines is 3. The van der Waals surface area contributed by atoms with E-state index in [-0.39, 0.29) is 36.2 Å². The third kappa shape index (κ3) is 6.29. The zero-order chi connectivity index (χ0) is 24.1. The van der Waals surface area contributed by atoms with Crippen molar-refractivity contribution in [2.45, 2.75) is 57.9 Å². The first kappa shape index (κ1) is 24.1. The van der Waals surface area contributed by atoms with Gasteiger partial charge in [0.2, 0.25) is 11.8 Å². The van der Waals surface area contributed by atoms with E-state index in [0.717, 1.165) is 55.5 Å². The zero-order valence-corrected chi connectivity index (χ0v) is 20.1. The predicted octanol–water partition coefficient (Wildman–Crippen LogP) is 5.11. The van der Waals surface area contributed by atoms with Crippen molar-refractivity contribution in [2.24, 2.45) is 5.92 Å². The number of rotatable bonds is 8. The summed E-state index contributed by atoms with van der Waals surface area (Å²) in [6.07, 6.45) is 7.30. The average molecular weight is 483 g/mol. The Kier molecular flexibility index (Phi) is 7.73. The van der Waals surface area contributed by atoms with Gasteiger partial charge >= 0.3 is 0 Å². The van der Waals surface area contributed by atoms with E-state index in [1.807, 2.05) is 25.1 Å². The fraction of sp³-hybridized carbons (Fsp3) is 0.423. The molecular weight excluding hydrogens is 452 g/mol. The monoisotopic (exact) mass is 482 g/mol. The van der Waals surface area contributed by atoms with E-state index in [2.05, 4.69) is 21.3 Å². The average Bonchev–Trinajstić information content (AvgIpc) is 3.67. The third-order valence-corrected chi connectivity index (χ3v) is 6.74. The van der Waals surface area contributed by atoms with Gasteiger partial charge < -0.3 is 21.3 Å². The van der Waals surface area contributed by atoms with Gasteiger partial charge in [-0.2, -0.15) is 0 Å². The molecule has 0 atom stereocenters. The second kappa shape index (κ2) is 10.9. The minimum absolute atomic E-state index is 0.0348. The molecule has 4 N–H and O–H groups in total. The molecule has 0 radical (unpaired) electrons. The van der Waals surface area contributed by atoms with Gasteiger partial charge in [-0.05, 0) is 68.5 Å². The zero-order valence-electron chi connectivity index (χ0n) is 19.4. The first-order valence-corrected chi connectivity index (χ1v) is 12.3. The highest BCUT2D eigenvalue weighted by Gasteiger charge is 2.29. The van der Waals surface area contributed by atoms with Crippen molar-refractivity contribution in [3.8, 4) is 0 Å². The van der Waals surface area contributed by atoms with Gasteiger partial charge in [0.25, 0.3) is 5.91 Å². The molecule has 180 valence electrons. The molecule has 0 heterocycles. The Bertz CT molecular complexity index is 1080. The molecule has 2 aliphatic carbocycles. The summed E-state index contributed by atoms with van der Waals surface area (Å²) in [4.78, 5) is 37.4. The fourth-order valence-corrected chi connectivity index (χ4v) is 4.41. The Hall–Kier alpha value is -3.06. The Balaban J connectivity index is 1.33. The van der Waals surface area contributed by atoms with Crippen molar-refractivity contribution in [3.05, 3.63) is 52.5 Å². The van der Waals surface area contributed by atoms with E-state index in [1.165, 1.54) is 6.42 Å². The van der Waals surface area contributed by atoms with Crippen molar-refractivity contribution < 1.29 is 14.4 Å². The first-order chi connectivity index (χ1) is 16.4. The molecule has 3 amide bonds. The molecule has 2 aliphatic rings. The molecule has 2 aromatic carbocycles. The minimum atomic E-state index is -0.257. The molecule has 0 unspecified atom stereocenters. The summed E-state index contributed by atoms with van der Waals surface area (Å²) in [5, 5.41) is 12.3. The third-order valence-electron chi connectivity index (χ3n) is 6.41. The van der Waals surface area contributed by atoms with Crippen LogP contribution in [0.5, 0.6) is 0 Å². The smallest absolute Gasteiger partial charge is 0.253 e. The number of benzene rings is 2. The summed E-state index contributed by atoms with van der Waals surface area (Å²) in [6.45, 7) is 1.94. The summed E-state index contributed by atoms with van der Waals surface area (Å²) in [6, 6.07) is 10.6. The van der Waals surface area contributed by atoms with Crippen LogP contribution in [0.25, 0.3) is 0 Å². The van der Waals surface area contributed by atoms with Gasteiger partial charge in [-0.15, -0.1) is 0 Å². The SMILES string of the molecule is Cc1c(NCC(=O)Nc2ccc(Cl)c(C(=O)NC3CCCCC3)c2)cccc1NC(=O)C1CC1. The number of carbonyl (C=O) groups is 3. The number of amides is 3. The standard InChI is InChI=1S/C26H31ClN4O3/c1-16-22(8-5-9-23(16)31-25(33)17-10-11-17)28-15-24(32)29-19-12-13-21(27)20(14-19)26(34)30-18-6-3-2-4-7-18/h5,8-9,12-14,17-18,28H,2-4,6-7,10-11,15H2,1H3,(H,29,32)(H,30,34)(H,31,33). The topological polar surface area (TPSA) is 99.3 Å². The Morgan fingerprint density at radius 2 is 1.68 bits per heavy atom. The Morgan fingerprint density at radius 1 is 0.941 bits per heavy atom. The van der Waals surface area contributed by atoms with Crippen molar-refractivity contribution in [3.63, 3.8) is 0 Å². The Labute approximate surface area is 205 Å². The highest BCUT2D eigenvalue weighted by molar-refractivity contribution is 6.34. The number of carbonyl (C=O) groups excluding carboxylic acids is 3. The number of halogens is 1.